The molecule has 0 saturated carbocycles. The lowest BCUT2D eigenvalue weighted by molar-refractivity contribution is -0.0961. The van der Waals surface area contributed by atoms with E-state index >= 15 is 0 Å². The van der Waals surface area contributed by atoms with E-state index in [-0.39, 0.29) is 5.60 Å². The van der Waals surface area contributed by atoms with Crippen LogP contribution >= 0.6 is 0 Å². The van der Waals surface area contributed by atoms with E-state index in [2.05, 4.69) is 15.9 Å². The molecule has 3 fully saturated rings. The fraction of sp³-hybridized carbons (Fsp3) is 0.765. The van der Waals surface area contributed by atoms with Crippen molar-refractivity contribution < 1.29 is 9.15 Å². The molecule has 21 heavy (non-hydrogen) atoms. The van der Waals surface area contributed by atoms with Crippen LogP contribution in [0.15, 0.2) is 23.0 Å². The third kappa shape index (κ3) is 2.89. The van der Waals surface area contributed by atoms with Crippen LogP contribution in [0.2, 0.25) is 0 Å². The zero-order valence-corrected chi connectivity index (χ0v) is 12.8. The first-order valence-electron chi connectivity index (χ1n) is 8.44. The molecule has 3 saturated heterocycles. The van der Waals surface area contributed by atoms with Crippen molar-refractivity contribution in [1.82, 2.24) is 9.80 Å². The van der Waals surface area contributed by atoms with Gasteiger partial charge >= 0.3 is 0 Å². The highest BCUT2D eigenvalue weighted by atomic mass is 16.5. The lowest BCUT2D eigenvalue weighted by Crippen LogP contribution is -2.49. The maximum absolute atomic E-state index is 6.27. The van der Waals surface area contributed by atoms with E-state index in [0.717, 1.165) is 32.3 Å². The van der Waals surface area contributed by atoms with E-state index in [1.54, 1.807) is 6.26 Å². The molecule has 0 bridgehead atoms. The Kier molecular flexibility index (Phi) is 3.78. The molecule has 0 amide bonds. The zero-order valence-electron chi connectivity index (χ0n) is 12.8. The van der Waals surface area contributed by atoms with Crippen molar-refractivity contribution in [1.29, 1.82) is 0 Å². The van der Waals surface area contributed by atoms with Crippen LogP contribution in [-0.2, 0) is 11.3 Å². The van der Waals surface area contributed by atoms with Gasteiger partial charge in [0.1, 0.15) is 0 Å². The van der Waals surface area contributed by atoms with Crippen molar-refractivity contribution in [3.05, 3.63) is 24.2 Å². The first kappa shape index (κ1) is 13.8. The first-order chi connectivity index (χ1) is 10.3. The first-order valence-corrected chi connectivity index (χ1v) is 8.44. The molecule has 4 heterocycles. The number of nitrogens with zero attached hydrogens (tertiary/aromatic N) is 2. The van der Waals surface area contributed by atoms with Crippen molar-refractivity contribution in [2.24, 2.45) is 0 Å². The normalized spacial score (nSPS) is 35.0. The Bertz CT molecular complexity index is 455. The van der Waals surface area contributed by atoms with Gasteiger partial charge < -0.3 is 14.1 Å². The van der Waals surface area contributed by atoms with Crippen LogP contribution in [0.4, 0.5) is 0 Å². The Balaban J connectivity index is 1.38. The van der Waals surface area contributed by atoms with Crippen molar-refractivity contribution >= 4 is 0 Å². The Morgan fingerprint density at radius 1 is 1.24 bits per heavy atom. The average Bonchev–Trinajstić information content (AvgIpc) is 3.22. The molecule has 0 unspecified atom stereocenters. The number of hydrogen-bond acceptors (Lipinski definition) is 4. The molecule has 1 spiro atoms. The molecule has 0 aliphatic carbocycles. The van der Waals surface area contributed by atoms with Crippen LogP contribution in [0.1, 0.15) is 37.7 Å². The number of rotatable bonds is 3. The quantitative estimate of drug-likeness (QED) is 0.855. The summed E-state index contributed by atoms with van der Waals surface area (Å²) in [6, 6.07) is 2.83. The topological polar surface area (TPSA) is 28.9 Å². The lowest BCUT2D eigenvalue weighted by Gasteiger charge is -2.41. The smallest absolute Gasteiger partial charge is 0.0947 e. The molecule has 3 aliphatic rings. The summed E-state index contributed by atoms with van der Waals surface area (Å²) in [6.07, 6.45) is 10.0. The standard InChI is InChI=1S/C17H26N2O2/c1-2-7-19(6-1)16-4-10-21-17(11-16)5-8-18(14-17)12-15-3-9-20-13-15/h3,9,13,16H,1-2,4-8,10-12,14H2/t16-,17-/m1/s1. The van der Waals surface area contributed by atoms with E-state index < -0.39 is 0 Å². The predicted molar refractivity (Wildman–Crippen MR) is 81.1 cm³/mol. The fourth-order valence-electron chi connectivity index (χ4n) is 4.41. The maximum Gasteiger partial charge on any atom is 0.0947 e. The van der Waals surface area contributed by atoms with Gasteiger partial charge in [-0.05, 0) is 51.3 Å². The number of likely N-dealkylation sites (tertiary alicyclic amines) is 2. The van der Waals surface area contributed by atoms with Gasteiger partial charge in [0.15, 0.2) is 0 Å². The zero-order chi connectivity index (χ0) is 14.1. The minimum absolute atomic E-state index is 0.120. The van der Waals surface area contributed by atoms with Crippen LogP contribution in [0.3, 0.4) is 0 Å². The Hall–Kier alpha value is -0.840. The molecular weight excluding hydrogens is 264 g/mol. The van der Waals surface area contributed by atoms with E-state index in [1.165, 1.54) is 50.8 Å². The van der Waals surface area contributed by atoms with Gasteiger partial charge in [-0.25, -0.2) is 0 Å². The fourth-order valence-corrected chi connectivity index (χ4v) is 4.41. The largest absolute Gasteiger partial charge is 0.472 e. The van der Waals surface area contributed by atoms with Crippen molar-refractivity contribution in [2.75, 3.05) is 32.8 Å². The van der Waals surface area contributed by atoms with Crippen molar-refractivity contribution in [3.63, 3.8) is 0 Å². The summed E-state index contributed by atoms with van der Waals surface area (Å²) >= 11 is 0. The molecule has 0 N–H and O–H groups in total. The molecule has 1 aromatic rings. The molecule has 116 valence electrons. The molecular formula is C17H26N2O2. The van der Waals surface area contributed by atoms with E-state index in [4.69, 9.17) is 9.15 Å². The van der Waals surface area contributed by atoms with Gasteiger partial charge in [-0.1, -0.05) is 0 Å². The maximum atomic E-state index is 6.27. The summed E-state index contributed by atoms with van der Waals surface area (Å²) in [5.74, 6) is 0. The third-order valence-electron chi connectivity index (χ3n) is 5.51. The summed E-state index contributed by atoms with van der Waals surface area (Å²) in [4.78, 5) is 5.24. The van der Waals surface area contributed by atoms with Gasteiger partial charge in [0, 0.05) is 37.8 Å². The summed E-state index contributed by atoms with van der Waals surface area (Å²) in [6.45, 7) is 6.79. The Labute approximate surface area is 127 Å². The molecule has 4 rings (SSSR count). The van der Waals surface area contributed by atoms with Crippen molar-refractivity contribution in [3.8, 4) is 0 Å². The van der Waals surface area contributed by atoms with Crippen LogP contribution in [0.25, 0.3) is 0 Å². The van der Waals surface area contributed by atoms with Crippen LogP contribution in [0.5, 0.6) is 0 Å². The molecule has 1 aromatic heterocycles. The van der Waals surface area contributed by atoms with Gasteiger partial charge in [0.2, 0.25) is 0 Å². The summed E-state index contributed by atoms with van der Waals surface area (Å²) in [7, 11) is 0. The molecule has 4 nitrogen and oxygen atoms in total. The van der Waals surface area contributed by atoms with Gasteiger partial charge in [0.25, 0.3) is 0 Å². The third-order valence-corrected chi connectivity index (χ3v) is 5.51. The minimum atomic E-state index is 0.120. The highest BCUT2D eigenvalue weighted by molar-refractivity contribution is 5.07. The summed E-state index contributed by atoms with van der Waals surface area (Å²) in [5.41, 5.74) is 1.40. The molecule has 0 radical (unpaired) electrons. The van der Waals surface area contributed by atoms with E-state index in [9.17, 15) is 0 Å². The number of hydrogen-bond donors (Lipinski definition) is 0. The van der Waals surface area contributed by atoms with Gasteiger partial charge in [-0.2, -0.15) is 0 Å². The molecule has 3 aliphatic heterocycles. The summed E-state index contributed by atoms with van der Waals surface area (Å²) in [5, 5.41) is 0. The van der Waals surface area contributed by atoms with Gasteiger partial charge in [-0.3, -0.25) is 4.90 Å². The van der Waals surface area contributed by atoms with Crippen molar-refractivity contribution in [2.45, 2.75) is 50.3 Å². The average molecular weight is 290 g/mol. The van der Waals surface area contributed by atoms with Gasteiger partial charge in [-0.15, -0.1) is 0 Å². The van der Waals surface area contributed by atoms with Crippen LogP contribution in [-0.4, -0.2) is 54.2 Å². The predicted octanol–water partition coefficient (Wildman–Crippen LogP) is 2.50. The number of furan rings is 1. The molecule has 2 atom stereocenters. The molecule has 0 aromatic carbocycles. The second-order valence-electron chi connectivity index (χ2n) is 7.01. The second-order valence-corrected chi connectivity index (χ2v) is 7.01. The van der Waals surface area contributed by atoms with E-state index in [1.807, 2.05) is 6.26 Å². The van der Waals surface area contributed by atoms with Crippen LogP contribution in [0, 0.1) is 0 Å². The highest BCUT2D eigenvalue weighted by Gasteiger charge is 2.44. The highest BCUT2D eigenvalue weighted by Crippen LogP contribution is 2.37. The number of ether oxygens (including phenoxy) is 1. The minimum Gasteiger partial charge on any atom is -0.472 e. The molecule has 4 heteroatoms. The SMILES string of the molecule is c1cc(CN2CC[C@@]3(C[C@H](N4CCCC4)CCO3)C2)co1. The van der Waals surface area contributed by atoms with Gasteiger partial charge in [0.05, 0.1) is 18.1 Å². The summed E-state index contributed by atoms with van der Waals surface area (Å²) < 4.78 is 11.5. The Morgan fingerprint density at radius 3 is 2.95 bits per heavy atom. The monoisotopic (exact) mass is 290 g/mol. The Morgan fingerprint density at radius 2 is 2.14 bits per heavy atom. The van der Waals surface area contributed by atoms with E-state index in [0.29, 0.717) is 0 Å². The van der Waals surface area contributed by atoms with Crippen LogP contribution < -0.4 is 0 Å². The lowest BCUT2D eigenvalue weighted by atomic mass is 9.89. The second kappa shape index (κ2) is 5.75.